The van der Waals surface area contributed by atoms with Crippen LogP contribution in [0, 0.1) is 0 Å². The van der Waals surface area contributed by atoms with E-state index in [9.17, 15) is 0 Å². The van der Waals surface area contributed by atoms with Crippen LogP contribution in [0.25, 0.3) is 0 Å². The quantitative estimate of drug-likeness (QED) is 0.686. The van der Waals surface area contributed by atoms with Crippen molar-refractivity contribution >= 4 is 12.1 Å². The van der Waals surface area contributed by atoms with Crippen molar-refractivity contribution in [1.82, 2.24) is 4.98 Å². The fourth-order valence-electron chi connectivity index (χ4n) is 1.43. The van der Waals surface area contributed by atoms with E-state index in [4.69, 9.17) is 0 Å². The van der Waals surface area contributed by atoms with Gasteiger partial charge in [0.1, 0.15) is 0 Å². The van der Waals surface area contributed by atoms with Crippen molar-refractivity contribution in [2.24, 2.45) is 9.98 Å². The number of aliphatic imine (C=N–C) groups is 2. The van der Waals surface area contributed by atoms with Gasteiger partial charge >= 0.3 is 0 Å². The summed E-state index contributed by atoms with van der Waals surface area (Å²) >= 11 is 0. The van der Waals surface area contributed by atoms with Crippen LogP contribution >= 0.6 is 0 Å². The zero-order valence-corrected chi connectivity index (χ0v) is 9.36. The summed E-state index contributed by atoms with van der Waals surface area (Å²) in [5.41, 5.74) is 2.19. The number of amidine groups is 1. The second-order valence-corrected chi connectivity index (χ2v) is 4.66. The van der Waals surface area contributed by atoms with E-state index in [1.54, 1.807) is 0 Å². The molecule has 0 spiro atoms. The molecule has 0 bridgehead atoms. The van der Waals surface area contributed by atoms with E-state index in [0.717, 1.165) is 17.1 Å². The Morgan fingerprint density at radius 3 is 2.47 bits per heavy atom. The molecule has 2 heterocycles. The van der Waals surface area contributed by atoms with Crippen LogP contribution in [-0.2, 0) is 5.41 Å². The molecule has 1 aromatic heterocycles. The first-order valence-electron chi connectivity index (χ1n) is 5.11. The Morgan fingerprint density at radius 2 is 2.00 bits per heavy atom. The van der Waals surface area contributed by atoms with Crippen LogP contribution < -0.4 is 0 Å². The van der Waals surface area contributed by atoms with Gasteiger partial charge in [0, 0.05) is 29.1 Å². The van der Waals surface area contributed by atoms with Gasteiger partial charge in [-0.25, -0.2) is 4.99 Å². The van der Waals surface area contributed by atoms with E-state index < -0.39 is 0 Å². The van der Waals surface area contributed by atoms with E-state index >= 15 is 0 Å². The maximum atomic E-state index is 4.44. The third-order valence-corrected chi connectivity index (χ3v) is 2.33. The predicted molar refractivity (Wildman–Crippen MR) is 62.8 cm³/mol. The van der Waals surface area contributed by atoms with Crippen LogP contribution in [0.15, 0.2) is 28.3 Å². The van der Waals surface area contributed by atoms with Crippen LogP contribution in [0.5, 0.6) is 0 Å². The first-order chi connectivity index (χ1) is 7.07. The Morgan fingerprint density at radius 1 is 1.20 bits per heavy atom. The fourth-order valence-corrected chi connectivity index (χ4v) is 1.43. The number of hydrogen-bond acceptors (Lipinski definition) is 3. The molecule has 3 heteroatoms. The lowest BCUT2D eigenvalue weighted by molar-refractivity contribution is 0.569. The zero-order valence-electron chi connectivity index (χ0n) is 9.36. The summed E-state index contributed by atoms with van der Waals surface area (Å²) < 4.78 is 0. The van der Waals surface area contributed by atoms with Crippen LogP contribution in [0.1, 0.15) is 32.0 Å². The summed E-state index contributed by atoms with van der Waals surface area (Å²) in [6.07, 6.45) is 3.66. The van der Waals surface area contributed by atoms with Crippen molar-refractivity contribution in [3.05, 3.63) is 29.6 Å². The highest BCUT2D eigenvalue weighted by molar-refractivity contribution is 6.05. The molecule has 1 aliphatic rings. The van der Waals surface area contributed by atoms with Crippen molar-refractivity contribution in [1.29, 1.82) is 0 Å². The van der Waals surface area contributed by atoms with Crippen LogP contribution in [0.3, 0.4) is 0 Å². The molecule has 78 valence electrons. The second-order valence-electron chi connectivity index (χ2n) is 4.66. The molecule has 0 N–H and O–H groups in total. The standard InChI is InChI=1S/C12H15N3/c1-12(2,3)10-5-4-9(8-15-10)11-13-6-7-14-11/h4-6,8H,7H2,1-3H3. The molecule has 1 aromatic rings. The molecule has 0 atom stereocenters. The second kappa shape index (κ2) is 3.57. The lowest BCUT2D eigenvalue weighted by Crippen LogP contribution is -2.13. The summed E-state index contributed by atoms with van der Waals surface area (Å²) in [5, 5.41) is 0. The van der Waals surface area contributed by atoms with Crippen molar-refractivity contribution in [3.8, 4) is 0 Å². The molecule has 0 saturated carbocycles. The van der Waals surface area contributed by atoms with Crippen LogP contribution in [0.4, 0.5) is 0 Å². The van der Waals surface area contributed by atoms with E-state index in [2.05, 4.69) is 35.7 Å². The van der Waals surface area contributed by atoms with Gasteiger partial charge in [0.15, 0.2) is 5.84 Å². The van der Waals surface area contributed by atoms with E-state index in [1.165, 1.54) is 0 Å². The Bertz CT molecular complexity index is 407. The highest BCUT2D eigenvalue weighted by Gasteiger charge is 2.15. The van der Waals surface area contributed by atoms with Gasteiger partial charge in [0.05, 0.1) is 6.54 Å². The average molecular weight is 201 g/mol. The van der Waals surface area contributed by atoms with Crippen LogP contribution in [0.2, 0.25) is 0 Å². The molecule has 0 unspecified atom stereocenters. The highest BCUT2D eigenvalue weighted by Crippen LogP contribution is 2.20. The van der Waals surface area contributed by atoms with Crippen molar-refractivity contribution in [2.75, 3.05) is 6.54 Å². The average Bonchev–Trinajstić information content (AvgIpc) is 2.69. The minimum Gasteiger partial charge on any atom is -0.260 e. The Hall–Kier alpha value is -1.51. The normalized spacial score (nSPS) is 15.5. The third kappa shape index (κ3) is 2.12. The zero-order chi connectivity index (χ0) is 10.9. The molecule has 0 aliphatic carbocycles. The number of nitrogens with zero attached hydrogens (tertiary/aromatic N) is 3. The molecule has 0 saturated heterocycles. The third-order valence-electron chi connectivity index (χ3n) is 2.33. The topological polar surface area (TPSA) is 37.6 Å². The lowest BCUT2D eigenvalue weighted by Gasteiger charge is -2.17. The van der Waals surface area contributed by atoms with E-state index in [-0.39, 0.29) is 5.41 Å². The predicted octanol–water partition coefficient (Wildman–Crippen LogP) is 2.21. The molecule has 2 rings (SSSR count). The Balaban J connectivity index is 2.28. The van der Waals surface area contributed by atoms with Crippen molar-refractivity contribution < 1.29 is 0 Å². The number of aromatic nitrogens is 1. The van der Waals surface area contributed by atoms with Gasteiger partial charge in [0.2, 0.25) is 0 Å². The van der Waals surface area contributed by atoms with Gasteiger partial charge in [-0.3, -0.25) is 9.98 Å². The molecule has 15 heavy (non-hydrogen) atoms. The van der Waals surface area contributed by atoms with Gasteiger partial charge < -0.3 is 0 Å². The van der Waals surface area contributed by atoms with Crippen molar-refractivity contribution in [2.45, 2.75) is 26.2 Å². The highest BCUT2D eigenvalue weighted by atomic mass is 15.0. The minimum absolute atomic E-state index is 0.0965. The Kier molecular flexibility index (Phi) is 2.39. The minimum atomic E-state index is 0.0965. The molecule has 0 fully saturated rings. The first-order valence-corrected chi connectivity index (χ1v) is 5.11. The molecule has 0 amide bonds. The summed E-state index contributed by atoms with van der Waals surface area (Å²) in [4.78, 5) is 12.9. The van der Waals surface area contributed by atoms with Crippen LogP contribution in [-0.4, -0.2) is 23.6 Å². The van der Waals surface area contributed by atoms with E-state index in [1.807, 2.05) is 24.5 Å². The van der Waals surface area contributed by atoms with Gasteiger partial charge in [-0.2, -0.15) is 0 Å². The smallest absolute Gasteiger partial charge is 0.156 e. The molecule has 0 radical (unpaired) electrons. The van der Waals surface area contributed by atoms with Crippen molar-refractivity contribution in [3.63, 3.8) is 0 Å². The number of pyridine rings is 1. The SMILES string of the molecule is CC(C)(C)c1ccc(C2=NCC=N2)cn1. The molecule has 1 aliphatic heterocycles. The molecular weight excluding hydrogens is 186 g/mol. The molecule has 0 aromatic carbocycles. The largest absolute Gasteiger partial charge is 0.260 e. The van der Waals surface area contributed by atoms with Gasteiger partial charge in [-0.1, -0.05) is 20.8 Å². The van der Waals surface area contributed by atoms with E-state index in [0.29, 0.717) is 6.54 Å². The van der Waals surface area contributed by atoms with Gasteiger partial charge in [0.25, 0.3) is 0 Å². The monoisotopic (exact) mass is 201 g/mol. The summed E-state index contributed by atoms with van der Waals surface area (Å²) in [5.74, 6) is 0.794. The fraction of sp³-hybridized carbons (Fsp3) is 0.417. The Labute approximate surface area is 90.0 Å². The number of hydrogen-bond donors (Lipinski definition) is 0. The molecule has 3 nitrogen and oxygen atoms in total. The first kappa shape index (κ1) is 10.0. The van der Waals surface area contributed by atoms with Gasteiger partial charge in [-0.15, -0.1) is 0 Å². The number of rotatable bonds is 1. The summed E-state index contributed by atoms with van der Waals surface area (Å²) in [7, 11) is 0. The summed E-state index contributed by atoms with van der Waals surface area (Å²) in [6.45, 7) is 7.15. The summed E-state index contributed by atoms with van der Waals surface area (Å²) in [6, 6.07) is 4.08. The lowest BCUT2D eigenvalue weighted by atomic mass is 9.91. The molecular formula is C12H15N3. The maximum absolute atomic E-state index is 4.44. The van der Waals surface area contributed by atoms with Gasteiger partial charge in [-0.05, 0) is 12.1 Å². The maximum Gasteiger partial charge on any atom is 0.156 e.